The molecule has 2 rings (SSSR count). The van der Waals surface area contributed by atoms with E-state index in [0.717, 1.165) is 0 Å². The summed E-state index contributed by atoms with van der Waals surface area (Å²) in [6, 6.07) is 0. The topological polar surface area (TPSA) is 90.0 Å². The fourth-order valence-electron chi connectivity index (χ4n) is 1.41. The van der Waals surface area contributed by atoms with Gasteiger partial charge in [0, 0.05) is 25.1 Å². The summed E-state index contributed by atoms with van der Waals surface area (Å²) in [7, 11) is 0. The number of imidazole rings is 1. The third kappa shape index (κ3) is 1.94. The van der Waals surface area contributed by atoms with Crippen LogP contribution in [0.5, 0.6) is 0 Å². The molecule has 0 saturated heterocycles. The molecule has 0 aliphatic heterocycles. The third-order valence-corrected chi connectivity index (χ3v) is 2.28. The smallest absolute Gasteiger partial charge is 0.356 e. The number of hydrogen-bond acceptors (Lipinski definition) is 4. The lowest BCUT2D eigenvalue weighted by molar-refractivity contribution is 0.0691. The molecule has 2 aromatic heterocycles. The second-order valence-corrected chi connectivity index (χ2v) is 3.31. The molecule has 0 unspecified atom stereocenters. The lowest BCUT2D eigenvalue weighted by Gasteiger charge is -2.04. The Bertz CT molecular complexity index is 614. The van der Waals surface area contributed by atoms with Gasteiger partial charge in [-0.25, -0.2) is 14.8 Å². The summed E-state index contributed by atoms with van der Waals surface area (Å²) in [6.07, 6.45) is 5.57. The van der Waals surface area contributed by atoms with Crippen molar-refractivity contribution in [2.45, 2.75) is 13.5 Å². The normalized spacial score (nSPS) is 10.4. The standard InChI is InChI=1S/C10H10N4O3/c1-2-13-4-3-11-8(9(13)15)14-5-7(10(16)17)12-6-14/h3-6H,2H2,1H3,(H,16,17). The van der Waals surface area contributed by atoms with Gasteiger partial charge in [-0.15, -0.1) is 0 Å². The Morgan fingerprint density at radius 1 is 1.47 bits per heavy atom. The Hall–Kier alpha value is -2.44. The van der Waals surface area contributed by atoms with Gasteiger partial charge in [0.05, 0.1) is 0 Å². The second-order valence-electron chi connectivity index (χ2n) is 3.31. The van der Waals surface area contributed by atoms with E-state index in [1.54, 1.807) is 6.20 Å². The van der Waals surface area contributed by atoms with Crippen LogP contribution in [0.15, 0.2) is 29.7 Å². The molecule has 0 fully saturated rings. The number of aromatic nitrogens is 4. The average molecular weight is 234 g/mol. The molecule has 0 spiro atoms. The largest absolute Gasteiger partial charge is 0.476 e. The quantitative estimate of drug-likeness (QED) is 0.816. The molecule has 0 aromatic carbocycles. The van der Waals surface area contributed by atoms with Gasteiger partial charge in [-0.05, 0) is 6.92 Å². The van der Waals surface area contributed by atoms with Crippen LogP contribution in [0, 0.1) is 0 Å². The predicted molar refractivity (Wildman–Crippen MR) is 58.3 cm³/mol. The van der Waals surface area contributed by atoms with Crippen molar-refractivity contribution in [3.05, 3.63) is 41.0 Å². The highest BCUT2D eigenvalue weighted by atomic mass is 16.4. The highest BCUT2D eigenvalue weighted by molar-refractivity contribution is 5.85. The fraction of sp³-hybridized carbons (Fsp3) is 0.200. The van der Waals surface area contributed by atoms with Crippen molar-refractivity contribution in [3.8, 4) is 5.82 Å². The predicted octanol–water partition coefficient (Wildman–Crippen LogP) is 0.147. The van der Waals surface area contributed by atoms with E-state index in [1.165, 1.54) is 27.9 Å². The van der Waals surface area contributed by atoms with E-state index in [2.05, 4.69) is 9.97 Å². The van der Waals surface area contributed by atoms with Gasteiger partial charge in [-0.2, -0.15) is 0 Å². The molecule has 2 aromatic rings. The molecule has 0 bridgehead atoms. The van der Waals surface area contributed by atoms with Gasteiger partial charge < -0.3 is 9.67 Å². The number of carboxylic acid groups (broad SMARTS) is 1. The van der Waals surface area contributed by atoms with Crippen molar-refractivity contribution in [2.24, 2.45) is 0 Å². The highest BCUT2D eigenvalue weighted by Gasteiger charge is 2.11. The van der Waals surface area contributed by atoms with Crippen molar-refractivity contribution in [1.29, 1.82) is 0 Å². The van der Waals surface area contributed by atoms with E-state index in [-0.39, 0.29) is 17.1 Å². The molecular formula is C10H10N4O3. The first kappa shape index (κ1) is 11.1. The van der Waals surface area contributed by atoms with Crippen molar-refractivity contribution in [3.63, 3.8) is 0 Å². The maximum Gasteiger partial charge on any atom is 0.356 e. The van der Waals surface area contributed by atoms with Gasteiger partial charge in [0.1, 0.15) is 6.33 Å². The van der Waals surface area contributed by atoms with Gasteiger partial charge in [0.2, 0.25) is 5.82 Å². The first-order valence-corrected chi connectivity index (χ1v) is 4.96. The van der Waals surface area contributed by atoms with Gasteiger partial charge in [0.25, 0.3) is 5.56 Å². The van der Waals surface area contributed by atoms with E-state index < -0.39 is 5.97 Å². The first-order valence-electron chi connectivity index (χ1n) is 4.96. The summed E-state index contributed by atoms with van der Waals surface area (Å²) in [5.74, 6) is -1.01. The van der Waals surface area contributed by atoms with Crippen LogP contribution < -0.4 is 5.56 Å². The highest BCUT2D eigenvalue weighted by Crippen LogP contribution is 2.01. The number of hydrogen-bond donors (Lipinski definition) is 1. The minimum atomic E-state index is -1.14. The van der Waals surface area contributed by atoms with E-state index in [9.17, 15) is 9.59 Å². The zero-order valence-corrected chi connectivity index (χ0v) is 9.07. The molecule has 2 heterocycles. The number of aromatic carboxylic acids is 1. The van der Waals surface area contributed by atoms with Gasteiger partial charge in [0.15, 0.2) is 5.69 Å². The minimum Gasteiger partial charge on any atom is -0.476 e. The number of carbonyl (C=O) groups is 1. The van der Waals surface area contributed by atoms with Crippen LogP contribution in [-0.4, -0.2) is 30.2 Å². The summed E-state index contributed by atoms with van der Waals surface area (Å²) in [6.45, 7) is 2.36. The van der Waals surface area contributed by atoms with Gasteiger partial charge >= 0.3 is 5.97 Å². The summed E-state index contributed by atoms with van der Waals surface area (Å²) in [5, 5.41) is 8.74. The molecule has 17 heavy (non-hydrogen) atoms. The van der Waals surface area contributed by atoms with E-state index in [4.69, 9.17) is 5.11 Å². The maximum atomic E-state index is 11.9. The lowest BCUT2D eigenvalue weighted by atomic mass is 10.5. The molecule has 1 N–H and O–H groups in total. The van der Waals surface area contributed by atoms with Crippen molar-refractivity contribution >= 4 is 5.97 Å². The molecule has 7 nitrogen and oxygen atoms in total. The summed E-state index contributed by atoms with van der Waals surface area (Å²) in [5.41, 5.74) is -0.414. The zero-order valence-electron chi connectivity index (χ0n) is 9.07. The van der Waals surface area contributed by atoms with Crippen LogP contribution in [0.1, 0.15) is 17.4 Å². The Kier molecular flexibility index (Phi) is 2.73. The number of nitrogens with zero attached hydrogens (tertiary/aromatic N) is 4. The molecule has 88 valence electrons. The van der Waals surface area contributed by atoms with Crippen LogP contribution in [0.2, 0.25) is 0 Å². The SMILES string of the molecule is CCn1ccnc(-n2cnc(C(=O)O)c2)c1=O. The number of aryl methyl sites for hydroxylation is 1. The molecule has 7 heteroatoms. The molecule has 0 aliphatic carbocycles. The molecule has 0 saturated carbocycles. The Morgan fingerprint density at radius 3 is 2.82 bits per heavy atom. The van der Waals surface area contributed by atoms with Crippen LogP contribution in [-0.2, 0) is 6.54 Å². The van der Waals surface area contributed by atoms with E-state index in [0.29, 0.717) is 6.54 Å². The van der Waals surface area contributed by atoms with Crippen LogP contribution in [0.25, 0.3) is 5.82 Å². The molecule has 0 radical (unpaired) electrons. The van der Waals surface area contributed by atoms with Crippen LogP contribution in [0.4, 0.5) is 0 Å². The fourth-order valence-corrected chi connectivity index (χ4v) is 1.41. The first-order chi connectivity index (χ1) is 8.13. The summed E-state index contributed by atoms with van der Waals surface area (Å²) < 4.78 is 2.78. The molecule has 0 amide bonds. The van der Waals surface area contributed by atoms with Gasteiger partial charge in [-0.3, -0.25) is 9.36 Å². The number of rotatable bonds is 3. The van der Waals surface area contributed by atoms with E-state index >= 15 is 0 Å². The van der Waals surface area contributed by atoms with Crippen molar-refractivity contribution < 1.29 is 9.90 Å². The summed E-state index contributed by atoms with van der Waals surface area (Å²) >= 11 is 0. The summed E-state index contributed by atoms with van der Waals surface area (Å²) in [4.78, 5) is 30.1. The number of carboxylic acids is 1. The van der Waals surface area contributed by atoms with Crippen molar-refractivity contribution in [2.75, 3.05) is 0 Å². The minimum absolute atomic E-state index is 0.127. The van der Waals surface area contributed by atoms with Crippen molar-refractivity contribution in [1.82, 2.24) is 19.1 Å². The Morgan fingerprint density at radius 2 is 2.24 bits per heavy atom. The lowest BCUT2D eigenvalue weighted by Crippen LogP contribution is -2.24. The van der Waals surface area contributed by atoms with E-state index in [1.807, 2.05) is 6.92 Å². The Labute approximate surface area is 96.0 Å². The maximum absolute atomic E-state index is 11.9. The van der Waals surface area contributed by atoms with Gasteiger partial charge in [-0.1, -0.05) is 0 Å². The molecule has 0 atom stereocenters. The zero-order chi connectivity index (χ0) is 12.4. The molecular weight excluding hydrogens is 224 g/mol. The van der Waals surface area contributed by atoms with Crippen LogP contribution >= 0.6 is 0 Å². The average Bonchev–Trinajstić information content (AvgIpc) is 2.78. The third-order valence-electron chi connectivity index (χ3n) is 2.28. The second kappa shape index (κ2) is 4.20. The Balaban J connectivity index is 2.53. The van der Waals surface area contributed by atoms with Crippen LogP contribution in [0.3, 0.4) is 0 Å². The molecule has 0 aliphatic rings. The monoisotopic (exact) mass is 234 g/mol.